The molecular weight excluding hydrogens is 334 g/mol. The number of carbonyl (C=O) groups excluding carboxylic acids is 1. The normalized spacial score (nSPS) is 18.1. The molecule has 3 rings (SSSR count). The second-order valence-electron chi connectivity index (χ2n) is 7.55. The van der Waals surface area contributed by atoms with Crippen molar-refractivity contribution in [3.63, 3.8) is 0 Å². The number of nitrogens with two attached hydrogens (primary N) is 1. The highest BCUT2D eigenvalue weighted by molar-refractivity contribution is 7.91. The summed E-state index contributed by atoms with van der Waals surface area (Å²) in [6.07, 6.45) is 7.57. The zero-order valence-corrected chi connectivity index (χ0v) is 16.2. The van der Waals surface area contributed by atoms with E-state index < -0.39 is 9.92 Å². The van der Waals surface area contributed by atoms with Crippen molar-refractivity contribution in [2.24, 2.45) is 9.50 Å². The molecule has 138 valence electrons. The number of amides is 1. The van der Waals surface area contributed by atoms with Crippen LogP contribution in [-0.2, 0) is 46.8 Å². The van der Waals surface area contributed by atoms with Gasteiger partial charge < -0.3 is 4.90 Å². The summed E-state index contributed by atoms with van der Waals surface area (Å²) in [6, 6.07) is 2.35. The van der Waals surface area contributed by atoms with Crippen LogP contribution >= 0.6 is 0 Å². The van der Waals surface area contributed by atoms with Crippen LogP contribution in [0.1, 0.15) is 47.1 Å². The van der Waals surface area contributed by atoms with Crippen molar-refractivity contribution in [1.29, 1.82) is 0 Å². The molecule has 25 heavy (non-hydrogen) atoms. The molecule has 0 bridgehead atoms. The van der Waals surface area contributed by atoms with E-state index in [9.17, 15) is 9.00 Å². The van der Waals surface area contributed by atoms with Crippen molar-refractivity contribution in [2.75, 3.05) is 26.4 Å². The molecule has 0 fully saturated rings. The molecule has 2 N–H and O–H groups in total. The highest BCUT2D eigenvalue weighted by Gasteiger charge is 2.25. The number of rotatable bonds is 6. The lowest BCUT2D eigenvalue weighted by molar-refractivity contribution is -0.117. The molecule has 2 aliphatic rings. The van der Waals surface area contributed by atoms with Crippen LogP contribution in [0.2, 0.25) is 0 Å². The standard InChI is InChI=1S/C19H29N3O2S/c1-22(2)10-5-11-25(20,24)21-19(23)13-18-16-8-3-6-14(16)12-15-7-4-9-17(15)18/h12H,3-11,13H2,1-2H3,(H2,20,21,23,24). The molecular formula is C19H29N3O2S. The largest absolute Gasteiger partial charge is 0.309 e. The third-order valence-electron chi connectivity index (χ3n) is 5.22. The predicted molar refractivity (Wildman–Crippen MR) is 102 cm³/mol. The van der Waals surface area contributed by atoms with Crippen LogP contribution in [0.3, 0.4) is 0 Å². The van der Waals surface area contributed by atoms with Gasteiger partial charge in [0.05, 0.1) is 6.42 Å². The van der Waals surface area contributed by atoms with Crippen molar-refractivity contribution in [3.8, 4) is 0 Å². The number of hydrogen-bond acceptors (Lipinski definition) is 3. The number of fused-ring (bicyclic) bond motifs is 2. The molecule has 2 aliphatic carbocycles. The first-order chi connectivity index (χ1) is 11.9. The molecule has 1 aromatic rings. The molecule has 1 aromatic carbocycles. The Balaban J connectivity index is 1.78. The Kier molecular flexibility index (Phi) is 5.61. The van der Waals surface area contributed by atoms with Crippen LogP contribution < -0.4 is 5.14 Å². The molecule has 0 aromatic heterocycles. The highest BCUT2D eigenvalue weighted by atomic mass is 32.2. The second-order valence-corrected chi connectivity index (χ2v) is 9.52. The summed E-state index contributed by atoms with van der Waals surface area (Å²) in [7, 11) is 0.985. The minimum atomic E-state index is -2.93. The number of hydrogen-bond donors (Lipinski definition) is 1. The predicted octanol–water partition coefficient (Wildman–Crippen LogP) is 2.03. The fourth-order valence-electron chi connectivity index (χ4n) is 4.14. The Hall–Kier alpha value is -1.24. The maximum Gasteiger partial charge on any atom is 0.259 e. The van der Waals surface area contributed by atoms with Gasteiger partial charge in [0.2, 0.25) is 0 Å². The van der Waals surface area contributed by atoms with Crippen LogP contribution in [0, 0.1) is 0 Å². The van der Waals surface area contributed by atoms with Gasteiger partial charge in [-0.1, -0.05) is 6.07 Å². The molecule has 1 atom stereocenters. The summed E-state index contributed by atoms with van der Waals surface area (Å²) in [4.78, 5) is 14.5. The highest BCUT2D eigenvalue weighted by Crippen LogP contribution is 2.35. The third-order valence-corrected chi connectivity index (χ3v) is 6.61. The Labute approximate surface area is 151 Å². The van der Waals surface area contributed by atoms with Crippen LogP contribution in [0.25, 0.3) is 0 Å². The summed E-state index contributed by atoms with van der Waals surface area (Å²) in [5.41, 5.74) is 6.67. The number of nitrogens with zero attached hydrogens (tertiary/aromatic N) is 2. The van der Waals surface area contributed by atoms with Crippen molar-refractivity contribution in [1.82, 2.24) is 4.90 Å². The molecule has 0 saturated carbocycles. The fraction of sp³-hybridized carbons (Fsp3) is 0.632. The van der Waals surface area contributed by atoms with Crippen molar-refractivity contribution in [2.45, 2.75) is 51.4 Å². The van der Waals surface area contributed by atoms with Gasteiger partial charge in [0.1, 0.15) is 9.92 Å². The topological polar surface area (TPSA) is 75.8 Å². The van der Waals surface area contributed by atoms with Gasteiger partial charge in [-0.2, -0.15) is 0 Å². The monoisotopic (exact) mass is 363 g/mol. The minimum absolute atomic E-state index is 0.257. The van der Waals surface area contributed by atoms with Gasteiger partial charge in [-0.3, -0.25) is 4.79 Å². The first-order valence-electron chi connectivity index (χ1n) is 9.21. The smallest absolute Gasteiger partial charge is 0.259 e. The Bertz CT molecular complexity index is 760. The lowest BCUT2D eigenvalue weighted by Crippen LogP contribution is -2.23. The van der Waals surface area contributed by atoms with Gasteiger partial charge >= 0.3 is 0 Å². The van der Waals surface area contributed by atoms with E-state index in [2.05, 4.69) is 10.4 Å². The maximum atomic E-state index is 12.5. The lowest BCUT2D eigenvalue weighted by atomic mass is 9.92. The van der Waals surface area contributed by atoms with E-state index in [4.69, 9.17) is 5.14 Å². The van der Waals surface area contributed by atoms with E-state index in [1.807, 2.05) is 19.0 Å². The molecule has 0 spiro atoms. The van der Waals surface area contributed by atoms with Crippen LogP contribution in [-0.4, -0.2) is 41.4 Å². The number of carbonyl (C=O) groups is 1. The van der Waals surface area contributed by atoms with Gasteiger partial charge in [-0.25, -0.2) is 9.35 Å². The maximum absolute atomic E-state index is 12.5. The molecule has 1 unspecified atom stereocenters. The zero-order valence-electron chi connectivity index (χ0n) is 15.3. The van der Waals surface area contributed by atoms with Gasteiger partial charge in [0, 0.05) is 5.75 Å². The first kappa shape index (κ1) is 18.5. The van der Waals surface area contributed by atoms with Gasteiger partial charge in [-0.15, -0.1) is 4.36 Å². The molecule has 0 saturated heterocycles. The Morgan fingerprint density at radius 2 is 1.76 bits per heavy atom. The minimum Gasteiger partial charge on any atom is -0.309 e. The number of benzene rings is 1. The van der Waals surface area contributed by atoms with Crippen molar-refractivity contribution < 1.29 is 9.00 Å². The van der Waals surface area contributed by atoms with E-state index in [1.54, 1.807) is 0 Å². The summed E-state index contributed by atoms with van der Waals surface area (Å²) >= 11 is 0. The summed E-state index contributed by atoms with van der Waals surface area (Å²) < 4.78 is 16.3. The second kappa shape index (κ2) is 7.56. The number of aryl methyl sites for hydroxylation is 2. The van der Waals surface area contributed by atoms with E-state index in [0.717, 1.165) is 45.1 Å². The molecule has 0 radical (unpaired) electrons. The summed E-state index contributed by atoms with van der Waals surface area (Å²) in [5, 5.41) is 5.80. The van der Waals surface area contributed by atoms with Crippen LogP contribution in [0.4, 0.5) is 0 Å². The van der Waals surface area contributed by atoms with E-state index >= 15 is 0 Å². The van der Waals surface area contributed by atoms with E-state index in [-0.39, 0.29) is 18.1 Å². The SMILES string of the molecule is CN(C)CCCS(N)(=O)=NC(=O)Cc1c2c(cc3c1CCC3)CCC2. The van der Waals surface area contributed by atoms with Crippen molar-refractivity contribution >= 4 is 15.8 Å². The van der Waals surface area contributed by atoms with Gasteiger partial charge in [0.15, 0.2) is 0 Å². The fourth-order valence-corrected chi connectivity index (χ4v) is 5.18. The third kappa shape index (κ3) is 4.49. The van der Waals surface area contributed by atoms with Crippen LogP contribution in [0.5, 0.6) is 0 Å². The average Bonchev–Trinajstić information content (AvgIpc) is 3.14. The molecule has 6 heteroatoms. The Morgan fingerprint density at radius 1 is 1.16 bits per heavy atom. The summed E-state index contributed by atoms with van der Waals surface area (Å²) in [6.45, 7) is 0.789. The van der Waals surface area contributed by atoms with Crippen LogP contribution in [0.15, 0.2) is 10.4 Å². The van der Waals surface area contributed by atoms with Gasteiger partial charge in [0.25, 0.3) is 5.91 Å². The van der Waals surface area contributed by atoms with E-state index in [0.29, 0.717) is 6.42 Å². The zero-order chi connectivity index (χ0) is 18.0. The molecule has 5 nitrogen and oxygen atoms in total. The lowest BCUT2D eigenvalue weighted by Gasteiger charge is -2.14. The molecule has 1 amide bonds. The molecule has 0 heterocycles. The van der Waals surface area contributed by atoms with Crippen molar-refractivity contribution in [3.05, 3.63) is 33.9 Å². The molecule has 0 aliphatic heterocycles. The first-order valence-corrected chi connectivity index (χ1v) is 11.0. The quantitative estimate of drug-likeness (QED) is 0.840. The average molecular weight is 364 g/mol. The Morgan fingerprint density at radius 3 is 2.32 bits per heavy atom. The van der Waals surface area contributed by atoms with E-state index in [1.165, 1.54) is 27.8 Å². The van der Waals surface area contributed by atoms with Gasteiger partial charge in [-0.05, 0) is 93.4 Å². The summed E-state index contributed by atoms with van der Waals surface area (Å²) in [5.74, 6) is -0.0613.